The summed E-state index contributed by atoms with van der Waals surface area (Å²) >= 11 is 0. The fraction of sp³-hybridized carbons (Fsp3) is 0.250. The Bertz CT molecular complexity index is 712. The molecule has 0 amide bonds. The van der Waals surface area contributed by atoms with E-state index in [4.69, 9.17) is 5.11 Å². The Labute approximate surface area is 121 Å². The Kier molecular flexibility index (Phi) is 4.66. The third-order valence-corrected chi connectivity index (χ3v) is 3.85. The number of carboxylic acids is 1. The highest BCUT2D eigenvalue weighted by Gasteiger charge is 2.12. The van der Waals surface area contributed by atoms with E-state index in [1.54, 1.807) is 24.3 Å². The molecule has 0 atom stereocenters. The van der Waals surface area contributed by atoms with Gasteiger partial charge in [-0.15, -0.1) is 5.10 Å². The number of nitrogens with zero attached hydrogens (tertiary/aromatic N) is 3. The lowest BCUT2D eigenvalue weighted by Gasteiger charge is -2.04. The lowest BCUT2D eigenvalue weighted by atomic mass is 10.2. The van der Waals surface area contributed by atoms with Crippen LogP contribution in [0.25, 0.3) is 0 Å². The second kappa shape index (κ2) is 6.46. The molecule has 112 valence electrons. The zero-order chi connectivity index (χ0) is 15.3. The largest absolute Gasteiger partial charge is 0.480 e. The van der Waals surface area contributed by atoms with E-state index in [2.05, 4.69) is 15.0 Å². The molecule has 9 heteroatoms. The van der Waals surface area contributed by atoms with Crippen molar-refractivity contribution < 1.29 is 18.3 Å². The van der Waals surface area contributed by atoms with Crippen LogP contribution in [0.5, 0.6) is 0 Å². The summed E-state index contributed by atoms with van der Waals surface area (Å²) < 4.78 is 27.3. The first-order chi connectivity index (χ1) is 9.94. The van der Waals surface area contributed by atoms with E-state index in [0.29, 0.717) is 11.3 Å². The average molecular weight is 310 g/mol. The summed E-state index contributed by atoms with van der Waals surface area (Å²) in [6.45, 7) is -0.349. The molecule has 8 nitrogen and oxygen atoms in total. The zero-order valence-electron chi connectivity index (χ0n) is 11.0. The minimum atomic E-state index is -3.49. The van der Waals surface area contributed by atoms with Crippen LogP contribution in [0.2, 0.25) is 0 Å². The van der Waals surface area contributed by atoms with Gasteiger partial charge in [-0.25, -0.2) is 17.8 Å². The number of benzene rings is 1. The topological polar surface area (TPSA) is 114 Å². The smallest absolute Gasteiger partial charge is 0.325 e. The van der Waals surface area contributed by atoms with Crippen molar-refractivity contribution in [2.75, 3.05) is 0 Å². The number of aliphatic carboxylic acids is 1. The van der Waals surface area contributed by atoms with Gasteiger partial charge in [0.1, 0.15) is 6.54 Å². The van der Waals surface area contributed by atoms with E-state index < -0.39 is 16.0 Å². The van der Waals surface area contributed by atoms with Crippen molar-refractivity contribution in [3.8, 4) is 0 Å². The van der Waals surface area contributed by atoms with Gasteiger partial charge in [-0.05, 0) is 5.56 Å². The predicted octanol–water partition coefficient (Wildman–Crippen LogP) is -0.0177. The van der Waals surface area contributed by atoms with Crippen LogP contribution in [0.4, 0.5) is 0 Å². The van der Waals surface area contributed by atoms with Crippen LogP contribution >= 0.6 is 0 Å². The van der Waals surface area contributed by atoms with Crippen molar-refractivity contribution in [2.24, 2.45) is 0 Å². The molecular weight excluding hydrogens is 296 g/mol. The molecule has 0 aliphatic carbocycles. The number of sulfonamides is 1. The SMILES string of the molecule is O=C(O)Cn1cc(CNS(=O)(=O)Cc2ccccc2)nn1. The second-order valence-electron chi connectivity index (χ2n) is 4.37. The van der Waals surface area contributed by atoms with Crippen LogP contribution in [0, 0.1) is 0 Å². The molecule has 0 unspecified atom stereocenters. The van der Waals surface area contributed by atoms with E-state index in [-0.39, 0.29) is 18.8 Å². The van der Waals surface area contributed by atoms with Gasteiger partial charge in [-0.2, -0.15) is 0 Å². The summed E-state index contributed by atoms with van der Waals surface area (Å²) in [6.07, 6.45) is 1.39. The van der Waals surface area contributed by atoms with Crippen LogP contribution in [-0.2, 0) is 33.7 Å². The molecule has 1 heterocycles. The Morgan fingerprint density at radius 3 is 2.67 bits per heavy atom. The molecule has 0 aliphatic rings. The summed E-state index contributed by atoms with van der Waals surface area (Å²) in [7, 11) is -3.49. The van der Waals surface area contributed by atoms with Crippen molar-refractivity contribution >= 4 is 16.0 Å². The normalized spacial score (nSPS) is 11.4. The minimum Gasteiger partial charge on any atom is -0.480 e. The highest BCUT2D eigenvalue weighted by atomic mass is 32.2. The standard InChI is InChI=1S/C12H14N4O4S/c17-12(18)8-16-7-11(14-15-16)6-13-21(19,20)9-10-4-2-1-3-5-10/h1-5,7,13H,6,8-9H2,(H,17,18). The number of nitrogens with one attached hydrogen (secondary N) is 1. The first kappa shape index (κ1) is 15.1. The van der Waals surface area contributed by atoms with Gasteiger partial charge in [0.25, 0.3) is 0 Å². The van der Waals surface area contributed by atoms with Crippen LogP contribution < -0.4 is 4.72 Å². The van der Waals surface area contributed by atoms with E-state index in [9.17, 15) is 13.2 Å². The average Bonchev–Trinajstić information content (AvgIpc) is 2.84. The lowest BCUT2D eigenvalue weighted by Crippen LogP contribution is -2.24. The third kappa shape index (κ3) is 4.97. The molecule has 21 heavy (non-hydrogen) atoms. The highest BCUT2D eigenvalue weighted by Crippen LogP contribution is 2.04. The molecule has 0 spiro atoms. The molecular formula is C12H14N4O4S. The molecule has 0 aliphatic heterocycles. The first-order valence-electron chi connectivity index (χ1n) is 6.07. The van der Waals surface area contributed by atoms with Crippen LogP contribution in [0.3, 0.4) is 0 Å². The van der Waals surface area contributed by atoms with Crippen molar-refractivity contribution in [2.45, 2.75) is 18.8 Å². The van der Waals surface area contributed by atoms with Gasteiger partial charge in [0.05, 0.1) is 24.2 Å². The van der Waals surface area contributed by atoms with Crippen molar-refractivity contribution in [1.29, 1.82) is 0 Å². The molecule has 2 aromatic rings. The van der Waals surface area contributed by atoms with Crippen molar-refractivity contribution in [3.63, 3.8) is 0 Å². The number of hydrogen-bond acceptors (Lipinski definition) is 5. The second-order valence-corrected chi connectivity index (χ2v) is 6.17. The van der Waals surface area contributed by atoms with E-state index in [0.717, 1.165) is 4.68 Å². The van der Waals surface area contributed by atoms with Crippen LogP contribution in [0.15, 0.2) is 36.5 Å². The zero-order valence-corrected chi connectivity index (χ0v) is 11.8. The minimum absolute atomic E-state index is 0.0330. The number of carbonyl (C=O) groups is 1. The molecule has 2 rings (SSSR count). The molecule has 2 N–H and O–H groups in total. The van der Waals surface area contributed by atoms with Gasteiger partial charge < -0.3 is 5.11 Å². The maximum absolute atomic E-state index is 11.9. The number of carboxylic acid groups (broad SMARTS) is 1. The van der Waals surface area contributed by atoms with E-state index >= 15 is 0 Å². The van der Waals surface area contributed by atoms with Gasteiger partial charge in [-0.1, -0.05) is 35.5 Å². The summed E-state index contributed by atoms with van der Waals surface area (Å²) in [6, 6.07) is 8.79. The molecule has 0 saturated carbocycles. The van der Waals surface area contributed by atoms with E-state index in [1.165, 1.54) is 6.20 Å². The van der Waals surface area contributed by atoms with Gasteiger partial charge >= 0.3 is 5.97 Å². The van der Waals surface area contributed by atoms with Gasteiger partial charge in [0, 0.05) is 0 Å². The van der Waals surface area contributed by atoms with Crippen LogP contribution in [0.1, 0.15) is 11.3 Å². The summed E-state index contributed by atoms with van der Waals surface area (Å²) in [5.41, 5.74) is 1.03. The fourth-order valence-electron chi connectivity index (χ4n) is 1.66. The molecule has 1 aromatic carbocycles. The van der Waals surface area contributed by atoms with E-state index in [1.807, 2.05) is 6.07 Å². The Morgan fingerprint density at radius 1 is 1.29 bits per heavy atom. The van der Waals surface area contributed by atoms with Crippen molar-refractivity contribution in [3.05, 3.63) is 47.8 Å². The molecule has 0 fully saturated rings. The lowest BCUT2D eigenvalue weighted by molar-refractivity contribution is -0.137. The molecule has 0 bridgehead atoms. The molecule has 0 saturated heterocycles. The summed E-state index contributed by atoms with van der Waals surface area (Å²) in [4.78, 5) is 10.5. The third-order valence-electron chi connectivity index (χ3n) is 2.56. The quantitative estimate of drug-likeness (QED) is 0.743. The predicted molar refractivity (Wildman–Crippen MR) is 73.6 cm³/mol. The monoisotopic (exact) mass is 310 g/mol. The number of aromatic nitrogens is 3. The van der Waals surface area contributed by atoms with Gasteiger partial charge in [0.15, 0.2) is 0 Å². The highest BCUT2D eigenvalue weighted by molar-refractivity contribution is 7.88. The Balaban J connectivity index is 1.92. The van der Waals surface area contributed by atoms with Crippen molar-refractivity contribution in [1.82, 2.24) is 19.7 Å². The summed E-state index contributed by atoms with van der Waals surface area (Å²) in [5.74, 6) is -1.17. The fourth-order valence-corrected chi connectivity index (χ4v) is 2.77. The first-order valence-corrected chi connectivity index (χ1v) is 7.72. The maximum Gasteiger partial charge on any atom is 0.325 e. The van der Waals surface area contributed by atoms with Gasteiger partial charge in [-0.3, -0.25) is 4.79 Å². The Morgan fingerprint density at radius 2 is 2.00 bits per heavy atom. The summed E-state index contributed by atoms with van der Waals surface area (Å²) in [5, 5.41) is 15.9. The number of hydrogen-bond donors (Lipinski definition) is 2. The van der Waals surface area contributed by atoms with Gasteiger partial charge in [0.2, 0.25) is 10.0 Å². The van der Waals surface area contributed by atoms with Crippen LogP contribution in [-0.4, -0.2) is 34.5 Å². The molecule has 1 aromatic heterocycles. The maximum atomic E-state index is 11.9. The molecule has 0 radical (unpaired) electrons. The number of rotatable bonds is 7. The Hall–Kier alpha value is -2.26.